The van der Waals surface area contributed by atoms with Crippen LogP contribution in [0.2, 0.25) is 0 Å². The summed E-state index contributed by atoms with van der Waals surface area (Å²) in [5.41, 5.74) is 0. The van der Waals surface area contributed by atoms with Crippen molar-refractivity contribution in [2.24, 2.45) is 0 Å². The van der Waals surface area contributed by atoms with Gasteiger partial charge in [0.1, 0.15) is 48.7 Å². The Morgan fingerprint density at radius 3 is 0.950 bits per heavy atom. The number of unbranched alkanes of at least 4 members (excludes halogenated alkanes) is 46. The van der Waals surface area contributed by atoms with Gasteiger partial charge >= 0.3 is 39.5 Å². The van der Waals surface area contributed by atoms with Crippen LogP contribution in [0.1, 0.15) is 440 Å². The third-order valence-electron chi connectivity index (χ3n) is 22.9. The fourth-order valence-corrected chi connectivity index (χ4v) is 16.9. The molecule has 2 saturated heterocycles. The van der Waals surface area contributed by atoms with Gasteiger partial charge in [0.15, 0.2) is 24.8 Å². The van der Waals surface area contributed by atoms with E-state index in [1.807, 2.05) is 0 Å². The molecule has 2 amide bonds. The van der Waals surface area contributed by atoms with E-state index < -0.39 is 176 Å². The first kappa shape index (κ1) is 112. The quantitative estimate of drug-likeness (QED) is 0.0117. The molecule has 29 heteroatoms. The number of aliphatic hydroxyl groups is 4. The number of esters is 4. The summed E-state index contributed by atoms with van der Waals surface area (Å²) in [6, 6.07) is -3.86. The van der Waals surface area contributed by atoms with Gasteiger partial charge in [0.25, 0.3) is 0 Å². The molecular formula is C90H170N2O25P2. The van der Waals surface area contributed by atoms with Crippen molar-refractivity contribution in [3.05, 3.63) is 0 Å². The van der Waals surface area contributed by atoms with Gasteiger partial charge in [-0.05, 0) is 51.4 Å². The smallest absolute Gasteiger partial charge is 0.462 e. The lowest BCUT2D eigenvalue weighted by Gasteiger charge is -2.47. The fourth-order valence-electron chi connectivity index (χ4n) is 15.9. The van der Waals surface area contributed by atoms with E-state index in [0.717, 1.165) is 263 Å². The molecule has 2 rings (SSSR count). The van der Waals surface area contributed by atoms with Crippen molar-refractivity contribution in [3.63, 3.8) is 0 Å². The molecule has 2 aliphatic rings. The zero-order valence-electron chi connectivity index (χ0n) is 74.8. The summed E-state index contributed by atoms with van der Waals surface area (Å²) in [7, 11) is -11.4. The average Bonchev–Trinajstić information content (AvgIpc) is 0.788. The van der Waals surface area contributed by atoms with Crippen LogP contribution in [0, 0.1) is 0 Å². The second kappa shape index (κ2) is 71.9. The minimum Gasteiger partial charge on any atom is -0.462 e. The van der Waals surface area contributed by atoms with Gasteiger partial charge in [-0.2, -0.15) is 0 Å². The van der Waals surface area contributed by atoms with Crippen molar-refractivity contribution in [2.45, 2.75) is 525 Å². The summed E-state index contributed by atoms with van der Waals surface area (Å²) in [5.74, 6) is -5.03. The number of phosphoric acid groups is 2. The molecule has 10 N–H and O–H groups in total. The van der Waals surface area contributed by atoms with Gasteiger partial charge in [-0.25, -0.2) is 9.13 Å². The molecule has 2 fully saturated rings. The Hall–Kier alpha value is -3.24. The normalized spacial score (nSPS) is 20.7. The number of carbonyl (C=O) groups is 6. The van der Waals surface area contributed by atoms with Crippen LogP contribution in [0.4, 0.5) is 0 Å². The molecule has 2 aliphatic heterocycles. The molecule has 0 aromatic heterocycles. The number of aliphatic hydroxyl groups excluding tert-OH is 4. The molecule has 0 saturated carbocycles. The second-order valence-corrected chi connectivity index (χ2v) is 36.5. The molecule has 119 heavy (non-hydrogen) atoms. The van der Waals surface area contributed by atoms with E-state index >= 15 is 0 Å². The highest BCUT2D eigenvalue weighted by molar-refractivity contribution is 7.46. The first-order chi connectivity index (χ1) is 57.3. The van der Waals surface area contributed by atoms with Gasteiger partial charge in [0.05, 0.1) is 51.1 Å². The predicted molar refractivity (Wildman–Crippen MR) is 462 cm³/mol. The number of phosphoric ester groups is 2. The van der Waals surface area contributed by atoms with Crippen LogP contribution in [0.5, 0.6) is 0 Å². The topological polar surface area (TPSA) is 406 Å². The van der Waals surface area contributed by atoms with Crippen LogP contribution in [0.3, 0.4) is 0 Å². The Labute approximate surface area is 717 Å². The largest absolute Gasteiger partial charge is 0.472 e. The van der Waals surface area contributed by atoms with Gasteiger partial charge in [-0.1, -0.05) is 350 Å². The monoisotopic (exact) mass is 1740 g/mol. The number of ether oxygens (including phenoxy) is 7. The van der Waals surface area contributed by atoms with Crippen molar-refractivity contribution in [1.82, 2.24) is 10.6 Å². The SMILES string of the molecule is CCCCCCCCCCCC(=O)O[C@H](CCCCCCCCCCC)CC(=O)N[C@H]1[C@H](OC[C@H]2O[C@H](OP(=O)(O)O)[C@H](NC(=O)C[C@@H](CCCCCCCCCCC)OC(=O)CCCCCCCCC)[C@@H](OC(=O)C[C@H](O)CCCCCCCCCCC)[C@@H]2O)O[C@H](CO)[C@@H](OP(=O)(O)O)[C@@H]1OC(=O)C[C@H](O)CCCCCCCCCCC. The van der Waals surface area contributed by atoms with Crippen LogP contribution in [0.15, 0.2) is 0 Å². The third-order valence-corrected chi connectivity index (χ3v) is 23.9. The van der Waals surface area contributed by atoms with Crippen molar-refractivity contribution < 1.29 is 120 Å². The molecule has 0 aliphatic carbocycles. The van der Waals surface area contributed by atoms with E-state index in [2.05, 4.69) is 52.2 Å². The summed E-state index contributed by atoms with van der Waals surface area (Å²) in [6.07, 6.45) is 29.1. The first-order valence-corrected chi connectivity index (χ1v) is 50.8. The lowest BCUT2D eigenvalue weighted by atomic mass is 9.95. The van der Waals surface area contributed by atoms with E-state index in [1.54, 1.807) is 0 Å². The number of amides is 2. The summed E-state index contributed by atoms with van der Waals surface area (Å²) in [5, 5.41) is 51.7. The van der Waals surface area contributed by atoms with Crippen LogP contribution in [-0.2, 0) is 80.1 Å². The summed E-state index contributed by atoms with van der Waals surface area (Å²) in [6.45, 7) is 10.8. The van der Waals surface area contributed by atoms with E-state index in [0.29, 0.717) is 38.5 Å². The van der Waals surface area contributed by atoms with E-state index in [4.69, 9.17) is 42.2 Å². The average molecular weight is 1740 g/mol. The van der Waals surface area contributed by atoms with Gasteiger partial charge in [0.2, 0.25) is 11.8 Å². The van der Waals surface area contributed by atoms with Crippen LogP contribution in [0.25, 0.3) is 0 Å². The predicted octanol–water partition coefficient (Wildman–Crippen LogP) is 19.0. The number of hydrogen-bond acceptors (Lipinski definition) is 21. The zero-order chi connectivity index (χ0) is 87.6. The van der Waals surface area contributed by atoms with Gasteiger partial charge in [0, 0.05) is 12.8 Å². The molecule has 0 spiro atoms. The fraction of sp³-hybridized carbons (Fsp3) is 0.933. The Morgan fingerprint density at radius 2 is 0.630 bits per heavy atom. The maximum Gasteiger partial charge on any atom is 0.472 e. The highest BCUT2D eigenvalue weighted by atomic mass is 31.2. The molecule has 0 unspecified atom stereocenters. The summed E-state index contributed by atoms with van der Waals surface area (Å²) >= 11 is 0. The van der Waals surface area contributed by atoms with Crippen molar-refractivity contribution in [2.75, 3.05) is 13.2 Å². The van der Waals surface area contributed by atoms with Crippen LogP contribution >= 0.6 is 15.6 Å². The number of rotatable bonds is 80. The maximum atomic E-state index is 15.0. The summed E-state index contributed by atoms with van der Waals surface area (Å²) in [4.78, 5) is 128. The Balaban J connectivity index is 2.81. The molecule has 27 nitrogen and oxygen atoms in total. The van der Waals surface area contributed by atoms with Gasteiger partial charge in [-0.15, -0.1) is 0 Å². The minimum atomic E-state index is -5.71. The van der Waals surface area contributed by atoms with E-state index in [9.17, 15) is 77.9 Å². The molecule has 0 aromatic rings. The third kappa shape index (κ3) is 58.6. The Morgan fingerprint density at radius 1 is 0.345 bits per heavy atom. The zero-order valence-corrected chi connectivity index (χ0v) is 76.5. The van der Waals surface area contributed by atoms with Crippen LogP contribution in [-0.4, -0.2) is 175 Å². The van der Waals surface area contributed by atoms with Gasteiger partial charge in [-0.3, -0.25) is 37.8 Å². The minimum absolute atomic E-state index is 0.0885. The number of nitrogens with one attached hydrogen (secondary N) is 2. The highest BCUT2D eigenvalue weighted by Crippen LogP contribution is 2.44. The number of hydrogen-bond donors (Lipinski definition) is 10. The van der Waals surface area contributed by atoms with Crippen LogP contribution < -0.4 is 10.6 Å². The number of carbonyl (C=O) groups excluding carboxylic acids is 6. The molecular weight excluding hydrogens is 1570 g/mol. The molecule has 0 radical (unpaired) electrons. The lowest BCUT2D eigenvalue weighted by molar-refractivity contribution is -0.296. The van der Waals surface area contributed by atoms with E-state index in [1.165, 1.54) is 32.1 Å². The molecule has 0 aromatic carbocycles. The van der Waals surface area contributed by atoms with E-state index in [-0.39, 0.29) is 38.5 Å². The molecule has 700 valence electrons. The maximum absolute atomic E-state index is 15.0. The molecule has 2 heterocycles. The van der Waals surface area contributed by atoms with Gasteiger partial charge < -0.3 is 83.8 Å². The Bertz CT molecular complexity index is 2640. The summed E-state index contributed by atoms with van der Waals surface area (Å²) < 4.78 is 79.6. The lowest BCUT2D eigenvalue weighted by Crippen LogP contribution is -2.68. The van der Waals surface area contributed by atoms with Crippen molar-refractivity contribution in [1.29, 1.82) is 0 Å². The Kier molecular flexibility index (Phi) is 67.5. The highest BCUT2D eigenvalue weighted by Gasteiger charge is 2.55. The molecule has 14 atom stereocenters. The van der Waals surface area contributed by atoms with Crippen molar-refractivity contribution in [3.8, 4) is 0 Å². The standard InChI is InChI=1S/C90H170N2O25P2/c1-7-13-19-25-31-36-42-47-53-59-71(94)65-81(100)114-87-83(91-77(96)67-73(61-55-49-44-38-33-27-21-15-9-3)110-79(98)63-57-51-41-30-24-18-12-6)90(117-119(106,107)108)113-76(85(87)102)70-109-89-84(88(86(75(69-93)112-89)116-118(103,104)105)115-82(101)66-72(95)60-54-48-43-37-32-26-20-14-8-2)92-78(97)68-74(62-56-50-45-39-34-28-22-16-10-4)111-80(99)64-58-52-46-40-35-29-23-17-11-5/h71-76,83-90,93-95,102H,7-70H2,1-6H3,(H,91,96)(H,92,97)(H2,103,104,105)(H2,106,107,108)/t71-,72-,73-,74-,75-,76-,83-,84-,85-,86-,87-,88-,89-,90-/m1/s1. The first-order valence-electron chi connectivity index (χ1n) is 47.7. The molecule has 0 bridgehead atoms. The van der Waals surface area contributed by atoms with Crippen molar-refractivity contribution >= 4 is 51.3 Å². The second-order valence-electron chi connectivity index (χ2n) is 34.1.